The second-order valence-electron chi connectivity index (χ2n) is 5.46. The van der Waals surface area contributed by atoms with Gasteiger partial charge in [0.1, 0.15) is 11.3 Å². The summed E-state index contributed by atoms with van der Waals surface area (Å²) in [6.07, 6.45) is 9.84. The SMILES string of the molecule is CCCCCCCCSCc1ccc(O)c2ncccc12. The molecule has 0 spiro atoms. The number of nitrogens with zero attached hydrogens (tertiary/aromatic N) is 1. The van der Waals surface area contributed by atoms with E-state index >= 15 is 0 Å². The zero-order chi connectivity index (χ0) is 14.9. The van der Waals surface area contributed by atoms with Crippen LogP contribution in [0.3, 0.4) is 0 Å². The van der Waals surface area contributed by atoms with Crippen molar-refractivity contribution in [2.75, 3.05) is 5.75 Å². The number of aromatic hydroxyl groups is 1. The molecule has 3 heteroatoms. The number of unbranched alkanes of at least 4 members (excludes halogenated alkanes) is 5. The van der Waals surface area contributed by atoms with E-state index in [0.717, 1.165) is 16.7 Å². The highest BCUT2D eigenvalue weighted by molar-refractivity contribution is 7.98. The lowest BCUT2D eigenvalue weighted by molar-refractivity contribution is 0.480. The first kappa shape index (κ1) is 16.2. The van der Waals surface area contributed by atoms with Gasteiger partial charge in [0.05, 0.1) is 0 Å². The summed E-state index contributed by atoms with van der Waals surface area (Å²) in [7, 11) is 0. The van der Waals surface area contributed by atoms with E-state index in [2.05, 4.69) is 11.9 Å². The lowest BCUT2D eigenvalue weighted by atomic mass is 10.1. The molecule has 1 heterocycles. The number of aromatic nitrogens is 1. The van der Waals surface area contributed by atoms with Crippen LogP contribution in [0.25, 0.3) is 10.9 Å². The van der Waals surface area contributed by atoms with Crippen LogP contribution in [-0.4, -0.2) is 15.8 Å². The number of thioether (sulfide) groups is 1. The number of hydrogen-bond acceptors (Lipinski definition) is 3. The summed E-state index contributed by atoms with van der Waals surface area (Å²) in [5.41, 5.74) is 1.99. The Morgan fingerprint density at radius 3 is 2.71 bits per heavy atom. The van der Waals surface area contributed by atoms with Gasteiger partial charge in [0.2, 0.25) is 0 Å². The first-order valence-electron chi connectivity index (χ1n) is 7.96. The monoisotopic (exact) mass is 303 g/mol. The van der Waals surface area contributed by atoms with E-state index in [-0.39, 0.29) is 5.75 Å². The van der Waals surface area contributed by atoms with Crippen LogP contribution in [0.1, 0.15) is 51.0 Å². The van der Waals surface area contributed by atoms with Crippen molar-refractivity contribution in [3.05, 3.63) is 36.0 Å². The van der Waals surface area contributed by atoms with Gasteiger partial charge in [-0.15, -0.1) is 0 Å². The minimum absolute atomic E-state index is 0.273. The third-order valence-electron chi connectivity index (χ3n) is 3.74. The molecule has 0 saturated heterocycles. The van der Waals surface area contributed by atoms with Crippen LogP contribution in [0, 0.1) is 0 Å². The topological polar surface area (TPSA) is 33.1 Å². The largest absolute Gasteiger partial charge is 0.506 e. The molecule has 0 bridgehead atoms. The zero-order valence-electron chi connectivity index (χ0n) is 12.8. The molecule has 2 aromatic rings. The minimum Gasteiger partial charge on any atom is -0.506 e. The van der Waals surface area contributed by atoms with Gasteiger partial charge in [0, 0.05) is 17.3 Å². The first-order chi connectivity index (χ1) is 10.3. The number of phenols is 1. The maximum absolute atomic E-state index is 9.84. The van der Waals surface area contributed by atoms with Crippen molar-refractivity contribution in [3.8, 4) is 5.75 Å². The highest BCUT2D eigenvalue weighted by Gasteiger charge is 2.05. The molecule has 1 aromatic carbocycles. The highest BCUT2D eigenvalue weighted by atomic mass is 32.2. The Labute approximate surface area is 132 Å². The number of rotatable bonds is 9. The number of fused-ring (bicyclic) bond motifs is 1. The van der Waals surface area contributed by atoms with Crippen molar-refractivity contribution in [1.29, 1.82) is 0 Å². The Morgan fingerprint density at radius 2 is 1.86 bits per heavy atom. The van der Waals surface area contributed by atoms with Gasteiger partial charge >= 0.3 is 0 Å². The Balaban J connectivity index is 1.78. The van der Waals surface area contributed by atoms with Gasteiger partial charge < -0.3 is 5.11 Å². The second kappa shape index (κ2) is 8.93. The summed E-state index contributed by atoms with van der Waals surface area (Å²) in [6.45, 7) is 2.26. The molecule has 114 valence electrons. The predicted molar refractivity (Wildman–Crippen MR) is 92.9 cm³/mol. The van der Waals surface area contributed by atoms with E-state index < -0.39 is 0 Å². The van der Waals surface area contributed by atoms with E-state index in [9.17, 15) is 5.11 Å². The Morgan fingerprint density at radius 1 is 1.05 bits per heavy atom. The molecule has 0 radical (unpaired) electrons. The molecule has 0 fully saturated rings. The maximum atomic E-state index is 9.84. The molecule has 2 rings (SSSR count). The quantitative estimate of drug-likeness (QED) is 0.618. The molecule has 0 aliphatic carbocycles. The van der Waals surface area contributed by atoms with E-state index in [4.69, 9.17) is 0 Å². The summed E-state index contributed by atoms with van der Waals surface area (Å²) >= 11 is 1.98. The average molecular weight is 303 g/mol. The van der Waals surface area contributed by atoms with E-state index in [1.54, 1.807) is 12.3 Å². The molecule has 2 nitrogen and oxygen atoms in total. The second-order valence-corrected chi connectivity index (χ2v) is 6.57. The van der Waals surface area contributed by atoms with Crippen molar-refractivity contribution < 1.29 is 5.11 Å². The number of hydrogen-bond donors (Lipinski definition) is 1. The van der Waals surface area contributed by atoms with Crippen LogP contribution in [0.4, 0.5) is 0 Å². The Hall–Kier alpha value is -1.22. The molecule has 0 amide bonds. The Kier molecular flexibility index (Phi) is 6.87. The van der Waals surface area contributed by atoms with Crippen molar-refractivity contribution in [3.63, 3.8) is 0 Å². The van der Waals surface area contributed by atoms with Crippen LogP contribution in [0.5, 0.6) is 5.75 Å². The summed E-state index contributed by atoms with van der Waals surface area (Å²) in [4.78, 5) is 4.27. The van der Waals surface area contributed by atoms with Gasteiger partial charge in [0.15, 0.2) is 0 Å². The fourth-order valence-electron chi connectivity index (χ4n) is 2.51. The normalized spacial score (nSPS) is 11.1. The van der Waals surface area contributed by atoms with Gasteiger partial charge in [-0.05, 0) is 29.9 Å². The van der Waals surface area contributed by atoms with Crippen LogP contribution in [0.15, 0.2) is 30.5 Å². The summed E-state index contributed by atoms with van der Waals surface area (Å²) in [6, 6.07) is 7.76. The molecule has 0 atom stereocenters. The summed E-state index contributed by atoms with van der Waals surface area (Å²) in [5, 5.41) is 10.9. The van der Waals surface area contributed by atoms with Gasteiger partial charge in [-0.1, -0.05) is 51.2 Å². The van der Waals surface area contributed by atoms with Crippen LogP contribution < -0.4 is 0 Å². The first-order valence-corrected chi connectivity index (χ1v) is 9.11. The van der Waals surface area contributed by atoms with Gasteiger partial charge in [-0.2, -0.15) is 11.8 Å². The van der Waals surface area contributed by atoms with E-state index in [0.29, 0.717) is 0 Å². The molecule has 0 aliphatic rings. The number of pyridine rings is 1. The third kappa shape index (κ3) is 4.92. The maximum Gasteiger partial charge on any atom is 0.141 e. The van der Waals surface area contributed by atoms with Crippen LogP contribution >= 0.6 is 11.8 Å². The lowest BCUT2D eigenvalue weighted by Gasteiger charge is -2.07. The predicted octanol–water partition coefficient (Wildman–Crippen LogP) is 5.53. The van der Waals surface area contributed by atoms with Gasteiger partial charge in [-0.25, -0.2) is 0 Å². The van der Waals surface area contributed by atoms with Crippen LogP contribution in [-0.2, 0) is 5.75 Å². The van der Waals surface area contributed by atoms with Crippen molar-refractivity contribution >= 4 is 22.7 Å². The van der Waals surface area contributed by atoms with E-state index in [1.165, 1.54) is 49.8 Å². The fraction of sp³-hybridized carbons (Fsp3) is 0.500. The summed E-state index contributed by atoms with van der Waals surface area (Å²) in [5.74, 6) is 2.49. The third-order valence-corrected chi connectivity index (χ3v) is 4.83. The lowest BCUT2D eigenvalue weighted by Crippen LogP contribution is -1.88. The Bertz CT molecular complexity index is 556. The smallest absolute Gasteiger partial charge is 0.141 e. The minimum atomic E-state index is 0.273. The number of benzene rings is 1. The molecule has 1 N–H and O–H groups in total. The van der Waals surface area contributed by atoms with Crippen LogP contribution in [0.2, 0.25) is 0 Å². The molecule has 21 heavy (non-hydrogen) atoms. The molecule has 0 saturated carbocycles. The average Bonchev–Trinajstić information content (AvgIpc) is 2.52. The fourth-order valence-corrected chi connectivity index (χ4v) is 3.53. The van der Waals surface area contributed by atoms with E-state index in [1.807, 2.05) is 30.0 Å². The summed E-state index contributed by atoms with van der Waals surface area (Å²) < 4.78 is 0. The van der Waals surface area contributed by atoms with Crippen molar-refractivity contribution in [1.82, 2.24) is 4.98 Å². The standard InChI is InChI=1S/C18H25NOS/c1-2-3-4-5-6-7-13-21-14-15-10-11-17(20)18-16(15)9-8-12-19-18/h8-12,20H,2-7,13-14H2,1H3. The molecular formula is C18H25NOS. The van der Waals surface area contributed by atoms with Gasteiger partial charge in [-0.3, -0.25) is 4.98 Å². The van der Waals surface area contributed by atoms with Crippen molar-refractivity contribution in [2.24, 2.45) is 0 Å². The zero-order valence-corrected chi connectivity index (χ0v) is 13.7. The highest BCUT2D eigenvalue weighted by Crippen LogP contribution is 2.28. The number of phenolic OH excluding ortho intramolecular Hbond substituents is 1. The molecule has 0 unspecified atom stereocenters. The molecular weight excluding hydrogens is 278 g/mol. The molecule has 1 aromatic heterocycles. The van der Waals surface area contributed by atoms with Gasteiger partial charge in [0.25, 0.3) is 0 Å². The molecule has 0 aliphatic heterocycles. The van der Waals surface area contributed by atoms with Crippen molar-refractivity contribution in [2.45, 2.75) is 51.2 Å².